The number of nitrogens with zero attached hydrogens (tertiary/aromatic N) is 2. The number of thiocarbonyl (C=S) groups is 1. The van der Waals surface area contributed by atoms with Crippen LogP contribution in [-0.2, 0) is 14.3 Å². The third-order valence-corrected chi connectivity index (χ3v) is 6.80. The summed E-state index contributed by atoms with van der Waals surface area (Å²) in [7, 11) is 0. The van der Waals surface area contributed by atoms with Crippen LogP contribution in [0.5, 0.6) is 5.75 Å². The van der Waals surface area contributed by atoms with E-state index in [4.69, 9.17) is 21.7 Å². The van der Waals surface area contributed by atoms with Crippen molar-refractivity contribution in [2.75, 3.05) is 24.6 Å². The smallest absolute Gasteiger partial charge is 0.247 e. The maximum Gasteiger partial charge on any atom is 0.247 e. The number of imide groups is 1. The number of anilines is 1. The second-order valence-electron chi connectivity index (χ2n) is 7.86. The van der Waals surface area contributed by atoms with Crippen LogP contribution in [0.1, 0.15) is 46.5 Å². The molecule has 2 heterocycles. The minimum absolute atomic E-state index is 0.0902. The van der Waals surface area contributed by atoms with Crippen LogP contribution in [0.3, 0.4) is 0 Å². The van der Waals surface area contributed by atoms with E-state index in [1.54, 1.807) is 12.1 Å². The van der Waals surface area contributed by atoms with Gasteiger partial charge < -0.3 is 14.4 Å². The average Bonchev–Trinajstić information content (AvgIpc) is 2.98. The molecule has 2 fully saturated rings. The summed E-state index contributed by atoms with van der Waals surface area (Å²) >= 11 is 6.89. The molecule has 164 valence electrons. The van der Waals surface area contributed by atoms with Crippen LogP contribution < -0.4 is 9.64 Å². The molecule has 0 saturated carbocycles. The van der Waals surface area contributed by atoms with Crippen LogP contribution >= 0.6 is 24.0 Å². The fraction of sp³-hybridized carbons (Fsp3) is 0.591. The number of carbonyl (C=O) groups is 2. The van der Waals surface area contributed by atoms with E-state index >= 15 is 0 Å². The molecule has 1 aromatic rings. The number of carbonyl (C=O) groups excluding carboxylic acids is 2. The molecule has 30 heavy (non-hydrogen) atoms. The molecule has 2 amide bonds. The maximum atomic E-state index is 12.9. The van der Waals surface area contributed by atoms with Crippen molar-refractivity contribution in [1.82, 2.24) is 4.90 Å². The number of hydrogen-bond acceptors (Lipinski definition) is 6. The number of amides is 2. The topological polar surface area (TPSA) is 59.1 Å². The fourth-order valence-electron chi connectivity index (χ4n) is 3.72. The van der Waals surface area contributed by atoms with Crippen LogP contribution in [-0.4, -0.2) is 58.2 Å². The summed E-state index contributed by atoms with van der Waals surface area (Å²) in [6, 6.07) is 7.15. The molecule has 8 heteroatoms. The quantitative estimate of drug-likeness (QED) is 0.353. The van der Waals surface area contributed by atoms with E-state index < -0.39 is 5.25 Å². The van der Waals surface area contributed by atoms with E-state index in [1.807, 2.05) is 26.0 Å². The van der Waals surface area contributed by atoms with E-state index in [0.717, 1.165) is 25.0 Å². The van der Waals surface area contributed by atoms with Gasteiger partial charge in [0.25, 0.3) is 0 Å². The molecular weight excluding hydrogens is 420 g/mol. The lowest BCUT2D eigenvalue weighted by atomic mass is 10.2. The summed E-state index contributed by atoms with van der Waals surface area (Å²) in [6.45, 7) is 8.25. The summed E-state index contributed by atoms with van der Waals surface area (Å²) in [5.41, 5.74) is 0.577. The fourth-order valence-corrected chi connectivity index (χ4v) is 5.20. The lowest BCUT2D eigenvalue weighted by Crippen LogP contribution is -2.47. The molecule has 2 aliphatic rings. The van der Waals surface area contributed by atoms with Gasteiger partial charge in [0.1, 0.15) is 15.3 Å². The Morgan fingerprint density at radius 2 is 1.83 bits per heavy atom. The Morgan fingerprint density at radius 3 is 2.47 bits per heavy atom. The molecule has 6 nitrogen and oxygen atoms in total. The predicted octanol–water partition coefficient (Wildman–Crippen LogP) is 4.01. The van der Waals surface area contributed by atoms with Gasteiger partial charge in [-0.1, -0.05) is 43.7 Å². The van der Waals surface area contributed by atoms with E-state index in [-0.39, 0.29) is 30.4 Å². The summed E-state index contributed by atoms with van der Waals surface area (Å²) in [5.74, 6) is 0.343. The van der Waals surface area contributed by atoms with Gasteiger partial charge in [0.05, 0.1) is 24.5 Å². The zero-order chi connectivity index (χ0) is 21.7. The van der Waals surface area contributed by atoms with Gasteiger partial charge in [0, 0.05) is 19.5 Å². The molecule has 0 spiro atoms. The summed E-state index contributed by atoms with van der Waals surface area (Å²) in [6.07, 6.45) is 3.64. The first-order chi connectivity index (χ1) is 14.4. The average molecular weight is 451 g/mol. The van der Waals surface area contributed by atoms with E-state index in [1.165, 1.54) is 16.7 Å². The normalized spacial score (nSPS) is 24.4. The summed E-state index contributed by atoms with van der Waals surface area (Å²) in [5, 5.41) is -0.483. The Labute approximate surface area is 188 Å². The van der Waals surface area contributed by atoms with Gasteiger partial charge in [0.2, 0.25) is 11.8 Å². The highest BCUT2D eigenvalue weighted by Gasteiger charge is 2.41. The molecule has 1 aromatic carbocycles. The van der Waals surface area contributed by atoms with Crippen LogP contribution in [0.15, 0.2) is 24.3 Å². The van der Waals surface area contributed by atoms with Crippen molar-refractivity contribution in [3.63, 3.8) is 0 Å². The molecule has 2 aliphatic heterocycles. The van der Waals surface area contributed by atoms with Crippen molar-refractivity contribution in [1.29, 1.82) is 0 Å². The SMILES string of the molecule is CCCCCOc1ccc(N2C(=O)C[C@@H](SC(=S)N3C[C@@H](C)O[C@@H](C)C3)C2=O)cc1. The zero-order valence-corrected chi connectivity index (χ0v) is 19.5. The van der Waals surface area contributed by atoms with E-state index in [0.29, 0.717) is 29.7 Å². The lowest BCUT2D eigenvalue weighted by Gasteiger charge is -2.36. The standard InChI is InChI=1S/C22H30N2O4S2/c1-4-5-6-11-27-18-9-7-17(8-10-18)24-20(25)12-19(21(24)26)30-22(29)23-13-15(2)28-16(3)14-23/h7-10,15-16,19H,4-6,11-14H2,1-3H3/t15-,16+,19-/m1/s1. The van der Waals surface area contributed by atoms with Crippen molar-refractivity contribution in [2.24, 2.45) is 0 Å². The van der Waals surface area contributed by atoms with E-state index in [2.05, 4.69) is 11.8 Å². The largest absolute Gasteiger partial charge is 0.494 e. The number of unbranched alkanes of at least 4 members (excludes halogenated alkanes) is 2. The number of benzene rings is 1. The highest BCUT2D eigenvalue weighted by molar-refractivity contribution is 8.23. The Hall–Kier alpha value is -1.64. The third-order valence-electron chi connectivity index (χ3n) is 5.14. The first kappa shape index (κ1) is 23.0. The van der Waals surface area contributed by atoms with Crippen LogP contribution in [0.4, 0.5) is 5.69 Å². The van der Waals surface area contributed by atoms with Crippen molar-refractivity contribution in [3.8, 4) is 5.75 Å². The van der Waals surface area contributed by atoms with Crippen LogP contribution in [0, 0.1) is 0 Å². The Balaban J connectivity index is 1.58. The number of morpholine rings is 1. The van der Waals surface area contributed by atoms with Crippen molar-refractivity contribution in [3.05, 3.63) is 24.3 Å². The van der Waals surface area contributed by atoms with E-state index in [9.17, 15) is 9.59 Å². The van der Waals surface area contributed by atoms with Crippen molar-refractivity contribution in [2.45, 2.75) is 63.9 Å². The Morgan fingerprint density at radius 1 is 1.17 bits per heavy atom. The molecule has 0 bridgehead atoms. The number of rotatable bonds is 7. The first-order valence-corrected chi connectivity index (χ1v) is 11.9. The first-order valence-electron chi connectivity index (χ1n) is 10.6. The molecular formula is C22H30N2O4S2. The Kier molecular flexibility index (Phi) is 8.13. The number of thioether (sulfide) groups is 1. The van der Waals surface area contributed by atoms with Crippen LogP contribution in [0.2, 0.25) is 0 Å². The molecule has 0 N–H and O–H groups in total. The Bertz CT molecular complexity index is 761. The highest BCUT2D eigenvalue weighted by Crippen LogP contribution is 2.32. The molecule has 0 aliphatic carbocycles. The highest BCUT2D eigenvalue weighted by atomic mass is 32.2. The molecule has 0 radical (unpaired) electrons. The number of hydrogen-bond donors (Lipinski definition) is 0. The van der Waals surface area contributed by atoms with Gasteiger partial charge in [0.15, 0.2) is 0 Å². The molecule has 0 aromatic heterocycles. The predicted molar refractivity (Wildman–Crippen MR) is 124 cm³/mol. The second-order valence-corrected chi connectivity index (χ2v) is 9.69. The van der Waals surface area contributed by atoms with Crippen LogP contribution in [0.25, 0.3) is 0 Å². The molecule has 0 unspecified atom stereocenters. The van der Waals surface area contributed by atoms with Crippen molar-refractivity contribution >= 4 is 45.8 Å². The number of ether oxygens (including phenoxy) is 2. The summed E-state index contributed by atoms with van der Waals surface area (Å²) in [4.78, 5) is 28.9. The van der Waals surface area contributed by atoms with Crippen molar-refractivity contribution < 1.29 is 19.1 Å². The summed E-state index contributed by atoms with van der Waals surface area (Å²) < 4.78 is 12.1. The molecule has 3 rings (SSSR count). The molecule has 3 atom stereocenters. The van der Waals surface area contributed by atoms with Gasteiger partial charge in [-0.3, -0.25) is 9.59 Å². The molecule has 2 saturated heterocycles. The van der Waals surface area contributed by atoms with Gasteiger partial charge in [-0.05, 0) is 44.5 Å². The maximum absolute atomic E-state index is 12.9. The second kappa shape index (κ2) is 10.6. The van der Waals surface area contributed by atoms with Gasteiger partial charge >= 0.3 is 0 Å². The zero-order valence-electron chi connectivity index (χ0n) is 17.8. The minimum atomic E-state index is -0.483. The monoisotopic (exact) mass is 450 g/mol. The lowest BCUT2D eigenvalue weighted by molar-refractivity contribution is -0.121. The van der Waals surface area contributed by atoms with Gasteiger partial charge in [-0.2, -0.15) is 0 Å². The van der Waals surface area contributed by atoms with Gasteiger partial charge in [-0.25, -0.2) is 4.90 Å². The van der Waals surface area contributed by atoms with Gasteiger partial charge in [-0.15, -0.1) is 0 Å². The third kappa shape index (κ3) is 5.74. The minimum Gasteiger partial charge on any atom is -0.494 e.